The zero-order chi connectivity index (χ0) is 9.31. The Balaban J connectivity index is 2.13. The van der Waals surface area contributed by atoms with E-state index in [4.69, 9.17) is 0 Å². The molecule has 1 fully saturated rings. The van der Waals surface area contributed by atoms with Crippen molar-refractivity contribution < 1.29 is 5.11 Å². The van der Waals surface area contributed by atoms with Crippen molar-refractivity contribution in [3.8, 4) is 0 Å². The number of hydrogen-bond donors (Lipinski definition) is 2. The first-order valence-corrected chi connectivity index (χ1v) is 5.63. The summed E-state index contributed by atoms with van der Waals surface area (Å²) in [6.45, 7) is 2.85. The minimum Gasteiger partial charge on any atom is -0.384 e. The third-order valence-corrected chi connectivity index (χ3v) is 3.48. The first kappa shape index (κ1) is 9.19. The summed E-state index contributed by atoms with van der Waals surface area (Å²) in [5, 5.41) is 17.7. The standard InChI is InChI=1S/C10H15NOS/c1-8-2-4-10(12,7-11-8)9-3-5-13-6-9/h3,5-6,8,11-12H,2,4,7H2,1H3. The second-order valence-corrected chi connectivity index (χ2v) is 4.64. The lowest BCUT2D eigenvalue weighted by Crippen LogP contribution is -2.47. The van der Waals surface area contributed by atoms with Crippen LogP contribution in [0.15, 0.2) is 16.8 Å². The molecule has 0 bridgehead atoms. The van der Waals surface area contributed by atoms with Crippen LogP contribution in [0.5, 0.6) is 0 Å². The van der Waals surface area contributed by atoms with Crippen molar-refractivity contribution in [1.29, 1.82) is 0 Å². The molecule has 0 saturated carbocycles. The van der Waals surface area contributed by atoms with Gasteiger partial charge in [0.15, 0.2) is 0 Å². The van der Waals surface area contributed by atoms with Crippen molar-refractivity contribution in [2.75, 3.05) is 6.54 Å². The Hall–Kier alpha value is -0.380. The third-order valence-electron chi connectivity index (χ3n) is 2.79. The average Bonchev–Trinajstić information content (AvgIpc) is 2.63. The molecule has 1 aromatic heterocycles. The third kappa shape index (κ3) is 1.77. The van der Waals surface area contributed by atoms with Crippen molar-refractivity contribution in [1.82, 2.24) is 5.32 Å². The normalized spacial score (nSPS) is 34.8. The van der Waals surface area contributed by atoms with E-state index in [1.165, 1.54) is 0 Å². The van der Waals surface area contributed by atoms with Crippen LogP contribution in [0.4, 0.5) is 0 Å². The van der Waals surface area contributed by atoms with Gasteiger partial charge in [-0.25, -0.2) is 0 Å². The van der Waals surface area contributed by atoms with Crippen LogP contribution in [-0.4, -0.2) is 17.7 Å². The van der Waals surface area contributed by atoms with Crippen LogP contribution in [0.2, 0.25) is 0 Å². The number of aliphatic hydroxyl groups is 1. The average molecular weight is 197 g/mol. The fraction of sp³-hybridized carbons (Fsp3) is 0.600. The highest BCUT2D eigenvalue weighted by Crippen LogP contribution is 2.30. The summed E-state index contributed by atoms with van der Waals surface area (Å²) in [7, 11) is 0. The molecular formula is C10H15NOS. The van der Waals surface area contributed by atoms with Gasteiger partial charge in [0, 0.05) is 12.6 Å². The molecule has 0 aromatic carbocycles. The Morgan fingerprint density at radius 3 is 3.08 bits per heavy atom. The molecule has 2 rings (SSSR count). The van der Waals surface area contributed by atoms with Gasteiger partial charge in [-0.3, -0.25) is 0 Å². The lowest BCUT2D eigenvalue weighted by atomic mass is 9.86. The van der Waals surface area contributed by atoms with Crippen LogP contribution in [0, 0.1) is 0 Å². The van der Waals surface area contributed by atoms with Gasteiger partial charge < -0.3 is 10.4 Å². The van der Waals surface area contributed by atoms with Crippen molar-refractivity contribution in [3.05, 3.63) is 22.4 Å². The molecule has 0 radical (unpaired) electrons. The Morgan fingerprint density at radius 2 is 2.54 bits per heavy atom. The molecule has 2 heterocycles. The highest BCUT2D eigenvalue weighted by Gasteiger charge is 2.33. The van der Waals surface area contributed by atoms with Gasteiger partial charge in [0.2, 0.25) is 0 Å². The lowest BCUT2D eigenvalue weighted by molar-refractivity contribution is 0.00408. The van der Waals surface area contributed by atoms with Crippen LogP contribution >= 0.6 is 11.3 Å². The first-order chi connectivity index (χ1) is 6.21. The molecule has 1 aliphatic heterocycles. The highest BCUT2D eigenvalue weighted by molar-refractivity contribution is 7.08. The summed E-state index contributed by atoms with van der Waals surface area (Å²) in [5.41, 5.74) is 0.448. The summed E-state index contributed by atoms with van der Waals surface area (Å²) in [6.07, 6.45) is 1.92. The molecule has 72 valence electrons. The van der Waals surface area contributed by atoms with Gasteiger partial charge in [-0.1, -0.05) is 0 Å². The molecule has 0 spiro atoms. The molecule has 1 aromatic rings. The predicted molar refractivity (Wildman–Crippen MR) is 54.9 cm³/mol. The summed E-state index contributed by atoms with van der Waals surface area (Å²) in [4.78, 5) is 0. The van der Waals surface area contributed by atoms with E-state index in [0.29, 0.717) is 12.6 Å². The van der Waals surface area contributed by atoms with Crippen molar-refractivity contribution in [2.45, 2.75) is 31.4 Å². The largest absolute Gasteiger partial charge is 0.384 e. The Labute approximate surface area is 82.6 Å². The molecule has 0 amide bonds. The monoisotopic (exact) mass is 197 g/mol. The molecule has 13 heavy (non-hydrogen) atoms. The minimum atomic E-state index is -0.619. The maximum Gasteiger partial charge on any atom is 0.103 e. The van der Waals surface area contributed by atoms with E-state index in [1.54, 1.807) is 11.3 Å². The van der Waals surface area contributed by atoms with E-state index >= 15 is 0 Å². The summed E-state index contributed by atoms with van der Waals surface area (Å²) in [5.74, 6) is 0. The summed E-state index contributed by atoms with van der Waals surface area (Å²) >= 11 is 1.64. The minimum absolute atomic E-state index is 0.541. The van der Waals surface area contributed by atoms with Gasteiger partial charge in [0.05, 0.1) is 0 Å². The van der Waals surface area contributed by atoms with Gasteiger partial charge in [0.25, 0.3) is 0 Å². The number of piperidine rings is 1. The van der Waals surface area contributed by atoms with Crippen LogP contribution in [0.1, 0.15) is 25.3 Å². The molecular weight excluding hydrogens is 182 g/mol. The van der Waals surface area contributed by atoms with Crippen LogP contribution in [0.3, 0.4) is 0 Å². The molecule has 2 N–H and O–H groups in total. The number of thiophene rings is 1. The molecule has 1 saturated heterocycles. The Bertz CT molecular complexity index is 262. The van der Waals surface area contributed by atoms with Crippen LogP contribution in [-0.2, 0) is 5.60 Å². The van der Waals surface area contributed by atoms with Gasteiger partial charge in [-0.05, 0) is 42.2 Å². The molecule has 2 nitrogen and oxygen atoms in total. The maximum atomic E-state index is 10.3. The molecule has 0 aliphatic carbocycles. The molecule has 1 aliphatic rings. The second kappa shape index (κ2) is 3.40. The molecule has 2 atom stereocenters. The van der Waals surface area contributed by atoms with E-state index in [9.17, 15) is 5.11 Å². The number of hydrogen-bond acceptors (Lipinski definition) is 3. The highest BCUT2D eigenvalue weighted by atomic mass is 32.1. The van der Waals surface area contributed by atoms with E-state index in [1.807, 2.05) is 16.8 Å². The van der Waals surface area contributed by atoms with Crippen LogP contribution in [0.25, 0.3) is 0 Å². The summed E-state index contributed by atoms with van der Waals surface area (Å²) < 4.78 is 0. The lowest BCUT2D eigenvalue weighted by Gasteiger charge is -2.35. The molecule has 3 heteroatoms. The summed E-state index contributed by atoms with van der Waals surface area (Å²) in [6, 6.07) is 2.56. The Kier molecular flexibility index (Phi) is 2.41. The SMILES string of the molecule is CC1CCC(O)(c2ccsc2)CN1. The topological polar surface area (TPSA) is 32.3 Å². The number of nitrogens with one attached hydrogen (secondary N) is 1. The van der Waals surface area contributed by atoms with E-state index in [-0.39, 0.29) is 0 Å². The zero-order valence-corrected chi connectivity index (χ0v) is 8.60. The van der Waals surface area contributed by atoms with Crippen molar-refractivity contribution >= 4 is 11.3 Å². The zero-order valence-electron chi connectivity index (χ0n) is 7.79. The first-order valence-electron chi connectivity index (χ1n) is 4.69. The predicted octanol–water partition coefficient (Wildman–Crippen LogP) is 1.71. The number of β-amino-alcohol motifs (C(OH)–C–C–N with tert-alkyl or cyclic N) is 1. The molecule has 2 unspecified atom stereocenters. The van der Waals surface area contributed by atoms with E-state index < -0.39 is 5.60 Å². The van der Waals surface area contributed by atoms with E-state index in [2.05, 4.69) is 12.2 Å². The fourth-order valence-corrected chi connectivity index (χ4v) is 2.51. The van der Waals surface area contributed by atoms with Gasteiger partial charge in [-0.2, -0.15) is 11.3 Å². The van der Waals surface area contributed by atoms with Crippen molar-refractivity contribution in [3.63, 3.8) is 0 Å². The number of rotatable bonds is 1. The van der Waals surface area contributed by atoms with E-state index in [0.717, 1.165) is 18.4 Å². The Morgan fingerprint density at radius 1 is 1.69 bits per heavy atom. The van der Waals surface area contributed by atoms with Gasteiger partial charge in [-0.15, -0.1) is 0 Å². The smallest absolute Gasteiger partial charge is 0.103 e. The van der Waals surface area contributed by atoms with Crippen molar-refractivity contribution in [2.24, 2.45) is 0 Å². The van der Waals surface area contributed by atoms with Crippen LogP contribution < -0.4 is 5.32 Å². The van der Waals surface area contributed by atoms with Gasteiger partial charge in [0.1, 0.15) is 5.60 Å². The quantitative estimate of drug-likeness (QED) is 0.718. The fourth-order valence-electron chi connectivity index (χ4n) is 1.76. The van der Waals surface area contributed by atoms with Gasteiger partial charge >= 0.3 is 0 Å². The second-order valence-electron chi connectivity index (χ2n) is 3.86. The maximum absolute atomic E-state index is 10.3.